The van der Waals surface area contributed by atoms with E-state index in [0.29, 0.717) is 23.9 Å². The van der Waals surface area contributed by atoms with Crippen LogP contribution in [0.5, 0.6) is 0 Å². The van der Waals surface area contributed by atoms with Crippen LogP contribution in [0.2, 0.25) is 0 Å². The second-order valence-electron chi connectivity index (χ2n) is 6.42. The maximum Gasteiger partial charge on any atom is 0.273 e. The number of nitrogens with one attached hydrogen (secondary N) is 1. The van der Waals surface area contributed by atoms with Gasteiger partial charge in [-0.3, -0.25) is 14.7 Å². The summed E-state index contributed by atoms with van der Waals surface area (Å²) in [5.41, 5.74) is 0.778. The summed E-state index contributed by atoms with van der Waals surface area (Å²) in [6.07, 6.45) is 5.81. The number of nitrogens with zero attached hydrogens (tertiary/aromatic N) is 3. The Labute approximate surface area is 134 Å². The first-order chi connectivity index (χ1) is 11.2. The van der Waals surface area contributed by atoms with E-state index in [2.05, 4.69) is 20.4 Å². The SMILES string of the molecule is O=C(Nc1cccnc1)C1=NO[C@@]2(CCN([C@H]3CCOC3)C2)C1. The molecule has 2 atom stereocenters. The van der Waals surface area contributed by atoms with Crippen LogP contribution in [0, 0.1) is 0 Å². The molecule has 1 aromatic heterocycles. The number of pyridine rings is 1. The van der Waals surface area contributed by atoms with Gasteiger partial charge in [0.1, 0.15) is 5.71 Å². The molecule has 3 aliphatic rings. The van der Waals surface area contributed by atoms with E-state index in [1.54, 1.807) is 24.5 Å². The molecule has 0 aromatic carbocycles. The van der Waals surface area contributed by atoms with E-state index >= 15 is 0 Å². The number of carbonyl (C=O) groups excluding carboxylic acids is 1. The van der Waals surface area contributed by atoms with Gasteiger partial charge in [0, 0.05) is 44.8 Å². The van der Waals surface area contributed by atoms with Gasteiger partial charge in [-0.15, -0.1) is 0 Å². The number of likely N-dealkylation sites (tertiary alicyclic amines) is 1. The topological polar surface area (TPSA) is 76.0 Å². The van der Waals surface area contributed by atoms with Crippen molar-refractivity contribution in [3.63, 3.8) is 0 Å². The molecule has 3 aliphatic heterocycles. The lowest BCUT2D eigenvalue weighted by Gasteiger charge is -2.25. The Morgan fingerprint density at radius 1 is 1.48 bits per heavy atom. The lowest BCUT2D eigenvalue weighted by molar-refractivity contribution is -0.110. The minimum Gasteiger partial charge on any atom is -0.387 e. The van der Waals surface area contributed by atoms with Crippen LogP contribution in [0.25, 0.3) is 0 Å². The molecule has 0 bridgehead atoms. The van der Waals surface area contributed by atoms with Gasteiger partial charge in [-0.05, 0) is 18.6 Å². The minimum atomic E-state index is -0.343. The van der Waals surface area contributed by atoms with Crippen molar-refractivity contribution >= 4 is 17.3 Å². The van der Waals surface area contributed by atoms with E-state index in [0.717, 1.165) is 39.1 Å². The third kappa shape index (κ3) is 2.94. The molecule has 2 fully saturated rings. The molecule has 1 N–H and O–H groups in total. The number of oxime groups is 1. The molecule has 1 amide bonds. The maximum absolute atomic E-state index is 12.3. The maximum atomic E-state index is 12.3. The monoisotopic (exact) mass is 316 g/mol. The van der Waals surface area contributed by atoms with Gasteiger partial charge in [0.25, 0.3) is 5.91 Å². The number of anilines is 1. The van der Waals surface area contributed by atoms with Gasteiger partial charge in [0.2, 0.25) is 0 Å². The Balaban J connectivity index is 1.36. The summed E-state index contributed by atoms with van der Waals surface area (Å²) in [5.74, 6) is -0.211. The Morgan fingerprint density at radius 2 is 2.43 bits per heavy atom. The van der Waals surface area contributed by atoms with E-state index in [1.807, 2.05) is 0 Å². The van der Waals surface area contributed by atoms with E-state index in [1.165, 1.54) is 0 Å². The van der Waals surface area contributed by atoms with Crippen LogP contribution in [0.4, 0.5) is 5.69 Å². The number of amides is 1. The molecule has 122 valence electrons. The molecular weight excluding hydrogens is 296 g/mol. The van der Waals surface area contributed by atoms with E-state index < -0.39 is 0 Å². The number of hydrogen-bond acceptors (Lipinski definition) is 6. The summed E-state index contributed by atoms with van der Waals surface area (Å²) >= 11 is 0. The fourth-order valence-electron chi connectivity index (χ4n) is 3.50. The summed E-state index contributed by atoms with van der Waals surface area (Å²) in [5, 5.41) is 6.87. The molecule has 2 saturated heterocycles. The van der Waals surface area contributed by atoms with E-state index in [9.17, 15) is 4.79 Å². The normalized spacial score (nSPS) is 30.4. The predicted octanol–water partition coefficient (Wildman–Crippen LogP) is 1.03. The third-order valence-electron chi connectivity index (χ3n) is 4.79. The van der Waals surface area contributed by atoms with Crippen molar-refractivity contribution in [3.05, 3.63) is 24.5 Å². The first kappa shape index (κ1) is 14.6. The van der Waals surface area contributed by atoms with Crippen molar-refractivity contribution in [1.82, 2.24) is 9.88 Å². The first-order valence-corrected chi connectivity index (χ1v) is 8.02. The Hall–Kier alpha value is -1.99. The predicted molar refractivity (Wildman–Crippen MR) is 84.1 cm³/mol. The second-order valence-corrected chi connectivity index (χ2v) is 6.42. The van der Waals surface area contributed by atoms with Crippen LogP contribution in [0.15, 0.2) is 29.7 Å². The zero-order valence-electron chi connectivity index (χ0n) is 12.9. The van der Waals surface area contributed by atoms with Crippen LogP contribution in [-0.2, 0) is 14.4 Å². The molecule has 1 spiro atoms. The Bertz CT molecular complexity index is 615. The summed E-state index contributed by atoms with van der Waals surface area (Å²) < 4.78 is 5.47. The van der Waals surface area contributed by atoms with Crippen molar-refractivity contribution < 1.29 is 14.4 Å². The molecule has 7 heteroatoms. The highest BCUT2D eigenvalue weighted by Crippen LogP contribution is 2.35. The fraction of sp³-hybridized carbons (Fsp3) is 0.562. The average Bonchev–Trinajstić information content (AvgIpc) is 3.30. The number of hydrogen-bond donors (Lipinski definition) is 1. The highest BCUT2D eigenvalue weighted by molar-refractivity contribution is 6.43. The van der Waals surface area contributed by atoms with Crippen molar-refractivity contribution in [2.75, 3.05) is 31.6 Å². The van der Waals surface area contributed by atoms with Gasteiger partial charge >= 0.3 is 0 Å². The van der Waals surface area contributed by atoms with Crippen LogP contribution in [-0.4, -0.2) is 59.4 Å². The fourth-order valence-corrected chi connectivity index (χ4v) is 3.50. The third-order valence-corrected chi connectivity index (χ3v) is 4.79. The molecule has 4 rings (SSSR count). The molecule has 0 saturated carbocycles. The highest BCUT2D eigenvalue weighted by Gasteiger charge is 2.48. The van der Waals surface area contributed by atoms with E-state index in [-0.39, 0.29) is 11.5 Å². The van der Waals surface area contributed by atoms with Crippen molar-refractivity contribution in [2.45, 2.75) is 30.9 Å². The molecule has 0 unspecified atom stereocenters. The summed E-state index contributed by atoms with van der Waals surface area (Å²) in [6.45, 7) is 3.42. The lowest BCUT2D eigenvalue weighted by Crippen LogP contribution is -2.39. The van der Waals surface area contributed by atoms with Gasteiger partial charge in [-0.1, -0.05) is 5.16 Å². The number of ether oxygens (including phenoxy) is 1. The Kier molecular flexibility index (Phi) is 3.74. The average molecular weight is 316 g/mol. The van der Waals surface area contributed by atoms with Crippen LogP contribution < -0.4 is 5.32 Å². The first-order valence-electron chi connectivity index (χ1n) is 8.02. The van der Waals surface area contributed by atoms with Gasteiger partial charge in [-0.2, -0.15) is 0 Å². The van der Waals surface area contributed by atoms with Gasteiger partial charge < -0.3 is 14.9 Å². The van der Waals surface area contributed by atoms with Crippen molar-refractivity contribution in [2.24, 2.45) is 5.16 Å². The van der Waals surface area contributed by atoms with Crippen LogP contribution in [0.3, 0.4) is 0 Å². The zero-order valence-corrected chi connectivity index (χ0v) is 12.9. The minimum absolute atomic E-state index is 0.211. The number of carbonyl (C=O) groups is 1. The van der Waals surface area contributed by atoms with Gasteiger partial charge in [0.05, 0.1) is 18.5 Å². The largest absolute Gasteiger partial charge is 0.387 e. The Morgan fingerprint density at radius 3 is 3.22 bits per heavy atom. The van der Waals surface area contributed by atoms with Crippen LogP contribution >= 0.6 is 0 Å². The van der Waals surface area contributed by atoms with Crippen molar-refractivity contribution in [3.8, 4) is 0 Å². The molecule has 1 aromatic rings. The second kappa shape index (κ2) is 5.90. The molecule has 7 nitrogen and oxygen atoms in total. The number of rotatable bonds is 3. The molecule has 4 heterocycles. The van der Waals surface area contributed by atoms with Gasteiger partial charge in [-0.25, -0.2) is 0 Å². The van der Waals surface area contributed by atoms with Crippen LogP contribution in [0.1, 0.15) is 19.3 Å². The molecule has 0 aliphatic carbocycles. The molecule has 0 radical (unpaired) electrons. The van der Waals surface area contributed by atoms with E-state index in [4.69, 9.17) is 9.57 Å². The lowest BCUT2D eigenvalue weighted by atomic mass is 9.96. The molecule has 23 heavy (non-hydrogen) atoms. The standard InChI is InChI=1S/C16H20N4O3/c21-15(18-12-2-1-5-17-9-12)14-8-16(23-19-14)4-6-20(11-16)13-3-7-22-10-13/h1-2,5,9,13H,3-4,6-8,10-11H2,(H,18,21)/t13-,16-/m0/s1. The summed E-state index contributed by atoms with van der Waals surface area (Å²) in [6, 6.07) is 4.06. The highest BCUT2D eigenvalue weighted by atomic mass is 16.7. The quantitative estimate of drug-likeness (QED) is 0.901. The van der Waals surface area contributed by atoms with Crippen molar-refractivity contribution in [1.29, 1.82) is 0 Å². The number of aromatic nitrogens is 1. The summed E-state index contributed by atoms with van der Waals surface area (Å²) in [7, 11) is 0. The smallest absolute Gasteiger partial charge is 0.273 e. The zero-order chi connectivity index (χ0) is 15.7. The molecular formula is C16H20N4O3. The van der Waals surface area contributed by atoms with Gasteiger partial charge in [0.15, 0.2) is 5.60 Å². The summed E-state index contributed by atoms with van der Waals surface area (Å²) in [4.78, 5) is 24.4.